The van der Waals surface area contributed by atoms with E-state index >= 15 is 0 Å². The Morgan fingerprint density at radius 3 is 2.76 bits per heavy atom. The zero-order valence-corrected chi connectivity index (χ0v) is 13.3. The number of nitriles is 1. The van der Waals surface area contributed by atoms with Crippen molar-refractivity contribution >= 4 is 21.6 Å². The normalized spacial score (nSPS) is 10.0. The molecule has 108 valence electrons. The average Bonchev–Trinajstić information content (AvgIpc) is 2.50. The summed E-state index contributed by atoms with van der Waals surface area (Å²) in [6.07, 6.45) is 0. The van der Waals surface area contributed by atoms with E-state index in [1.165, 1.54) is 0 Å². The Labute approximate surface area is 131 Å². The number of methoxy groups -OCH3 is 1. The minimum atomic E-state index is -0.431. The van der Waals surface area contributed by atoms with E-state index in [4.69, 9.17) is 10.00 Å². The highest BCUT2D eigenvalue weighted by Crippen LogP contribution is 2.29. The predicted molar refractivity (Wildman–Crippen MR) is 83.9 cm³/mol. The number of hydrogen-bond acceptors (Lipinski definition) is 3. The van der Waals surface area contributed by atoms with Crippen molar-refractivity contribution in [3.8, 4) is 11.8 Å². The molecule has 0 saturated carbocycles. The average molecular weight is 349 g/mol. The molecule has 2 rings (SSSR count). The summed E-state index contributed by atoms with van der Waals surface area (Å²) in [4.78, 5) is 1.79. The number of nitrogens with zero attached hydrogens (tertiary/aromatic N) is 2. The quantitative estimate of drug-likeness (QED) is 0.834. The molecular weight excluding hydrogens is 335 g/mol. The van der Waals surface area contributed by atoms with Crippen LogP contribution >= 0.6 is 15.9 Å². The number of rotatable bonds is 4. The van der Waals surface area contributed by atoms with Crippen LogP contribution in [-0.4, -0.2) is 14.2 Å². The van der Waals surface area contributed by atoms with Crippen molar-refractivity contribution in [2.45, 2.75) is 6.54 Å². The van der Waals surface area contributed by atoms with Crippen LogP contribution in [0.5, 0.6) is 5.75 Å². The molecule has 21 heavy (non-hydrogen) atoms. The van der Waals surface area contributed by atoms with Crippen LogP contribution in [-0.2, 0) is 6.54 Å². The number of hydrogen-bond donors (Lipinski definition) is 0. The summed E-state index contributed by atoms with van der Waals surface area (Å²) < 4.78 is 19.7. The number of halogens is 2. The Balaban J connectivity index is 2.26. The minimum Gasteiger partial charge on any atom is -0.497 e. The van der Waals surface area contributed by atoms with Crippen molar-refractivity contribution in [2.24, 2.45) is 0 Å². The van der Waals surface area contributed by atoms with Crippen molar-refractivity contribution in [2.75, 3.05) is 19.1 Å². The topological polar surface area (TPSA) is 36.3 Å². The van der Waals surface area contributed by atoms with Gasteiger partial charge >= 0.3 is 0 Å². The van der Waals surface area contributed by atoms with Gasteiger partial charge in [0.15, 0.2) is 5.82 Å². The third-order valence-electron chi connectivity index (χ3n) is 3.15. The van der Waals surface area contributed by atoms with Crippen molar-refractivity contribution in [3.63, 3.8) is 0 Å². The molecule has 0 aliphatic heterocycles. The Morgan fingerprint density at radius 1 is 1.33 bits per heavy atom. The van der Waals surface area contributed by atoms with Crippen LogP contribution in [0.4, 0.5) is 10.1 Å². The van der Waals surface area contributed by atoms with Crippen molar-refractivity contribution < 1.29 is 9.13 Å². The molecule has 0 N–H and O–H groups in total. The van der Waals surface area contributed by atoms with Gasteiger partial charge in [0, 0.05) is 13.6 Å². The van der Waals surface area contributed by atoms with Crippen LogP contribution in [0.3, 0.4) is 0 Å². The highest BCUT2D eigenvalue weighted by atomic mass is 79.9. The maximum Gasteiger partial charge on any atom is 0.161 e. The molecule has 0 spiro atoms. The van der Waals surface area contributed by atoms with Crippen molar-refractivity contribution in [3.05, 3.63) is 57.8 Å². The third kappa shape index (κ3) is 3.34. The number of ether oxygens (including phenoxy) is 1. The summed E-state index contributed by atoms with van der Waals surface area (Å²) in [7, 11) is 3.41. The van der Waals surface area contributed by atoms with E-state index in [0.717, 1.165) is 11.3 Å². The summed E-state index contributed by atoms with van der Waals surface area (Å²) in [5, 5.41) is 8.89. The van der Waals surface area contributed by atoms with Gasteiger partial charge < -0.3 is 9.64 Å². The van der Waals surface area contributed by atoms with E-state index in [0.29, 0.717) is 12.2 Å². The second kappa shape index (κ2) is 6.59. The molecule has 0 aliphatic carbocycles. The molecule has 0 aromatic heterocycles. The summed E-state index contributed by atoms with van der Waals surface area (Å²) in [5.74, 6) is 0.335. The Morgan fingerprint density at radius 2 is 2.10 bits per heavy atom. The second-order valence-corrected chi connectivity index (χ2v) is 5.37. The van der Waals surface area contributed by atoms with E-state index in [-0.39, 0.29) is 10.0 Å². The van der Waals surface area contributed by atoms with Gasteiger partial charge in [0.1, 0.15) is 11.8 Å². The van der Waals surface area contributed by atoms with Crippen LogP contribution in [0.2, 0.25) is 0 Å². The standard InChI is InChI=1S/C16H14BrFN2O/c1-20(10-11-4-3-5-13(8-11)21-2)14-7-6-12(9-19)15(17)16(14)18/h3-8H,10H2,1-2H3. The molecule has 0 fully saturated rings. The smallest absolute Gasteiger partial charge is 0.161 e. The van der Waals surface area contributed by atoms with Gasteiger partial charge in [-0.3, -0.25) is 0 Å². The van der Waals surface area contributed by atoms with E-state index < -0.39 is 5.82 Å². The minimum absolute atomic E-state index is 0.194. The molecule has 0 saturated heterocycles. The Kier molecular flexibility index (Phi) is 4.81. The van der Waals surface area contributed by atoms with Crippen LogP contribution in [0.15, 0.2) is 40.9 Å². The molecule has 0 bridgehead atoms. The monoisotopic (exact) mass is 348 g/mol. The van der Waals surface area contributed by atoms with E-state index in [9.17, 15) is 4.39 Å². The van der Waals surface area contributed by atoms with Gasteiger partial charge in [0.05, 0.1) is 22.8 Å². The fourth-order valence-electron chi connectivity index (χ4n) is 2.05. The van der Waals surface area contributed by atoms with Crippen LogP contribution in [0, 0.1) is 17.1 Å². The molecule has 0 aliphatic rings. The van der Waals surface area contributed by atoms with Crippen LogP contribution < -0.4 is 9.64 Å². The van der Waals surface area contributed by atoms with Gasteiger partial charge in [-0.2, -0.15) is 5.26 Å². The van der Waals surface area contributed by atoms with E-state index in [1.54, 1.807) is 31.2 Å². The summed E-state index contributed by atoms with van der Waals surface area (Å²) in [6.45, 7) is 0.534. The first kappa shape index (κ1) is 15.3. The van der Waals surface area contributed by atoms with Gasteiger partial charge in [-0.25, -0.2) is 4.39 Å². The largest absolute Gasteiger partial charge is 0.497 e. The summed E-state index contributed by atoms with van der Waals surface area (Å²) >= 11 is 3.12. The van der Waals surface area contributed by atoms with Crippen molar-refractivity contribution in [1.82, 2.24) is 0 Å². The third-order valence-corrected chi connectivity index (χ3v) is 3.92. The van der Waals surface area contributed by atoms with E-state index in [2.05, 4.69) is 15.9 Å². The highest BCUT2D eigenvalue weighted by molar-refractivity contribution is 9.10. The molecule has 0 heterocycles. The van der Waals surface area contributed by atoms with Gasteiger partial charge in [-0.15, -0.1) is 0 Å². The fraction of sp³-hybridized carbons (Fsp3) is 0.188. The van der Waals surface area contributed by atoms with Gasteiger partial charge in [-0.05, 0) is 45.8 Å². The summed E-state index contributed by atoms with van der Waals surface area (Å²) in [5.41, 5.74) is 1.73. The maximum absolute atomic E-state index is 14.3. The number of benzene rings is 2. The molecule has 0 atom stereocenters. The molecule has 5 heteroatoms. The second-order valence-electron chi connectivity index (χ2n) is 4.58. The first-order valence-electron chi connectivity index (χ1n) is 6.29. The molecule has 3 nitrogen and oxygen atoms in total. The Hall–Kier alpha value is -2.06. The first-order chi connectivity index (χ1) is 10.1. The molecule has 0 radical (unpaired) electrons. The fourth-order valence-corrected chi connectivity index (χ4v) is 2.47. The molecular formula is C16H14BrFN2O. The molecule has 0 unspecified atom stereocenters. The van der Waals surface area contributed by atoms with Gasteiger partial charge in [0.25, 0.3) is 0 Å². The maximum atomic E-state index is 14.3. The van der Waals surface area contributed by atoms with Gasteiger partial charge in [-0.1, -0.05) is 12.1 Å². The summed E-state index contributed by atoms with van der Waals surface area (Å²) in [6, 6.07) is 12.8. The zero-order valence-electron chi connectivity index (χ0n) is 11.7. The Bertz CT molecular complexity index is 697. The number of anilines is 1. The lowest BCUT2D eigenvalue weighted by atomic mass is 10.1. The van der Waals surface area contributed by atoms with E-state index in [1.807, 2.05) is 30.3 Å². The lowest BCUT2D eigenvalue weighted by Gasteiger charge is -2.21. The molecule has 2 aromatic carbocycles. The van der Waals surface area contributed by atoms with Gasteiger partial charge in [0.2, 0.25) is 0 Å². The molecule has 0 amide bonds. The highest BCUT2D eigenvalue weighted by Gasteiger charge is 2.14. The SMILES string of the molecule is COc1cccc(CN(C)c2ccc(C#N)c(Br)c2F)c1. The van der Waals surface area contributed by atoms with Crippen molar-refractivity contribution in [1.29, 1.82) is 5.26 Å². The molecule has 2 aromatic rings. The zero-order chi connectivity index (χ0) is 15.4. The lowest BCUT2D eigenvalue weighted by Crippen LogP contribution is -2.18. The first-order valence-corrected chi connectivity index (χ1v) is 7.08. The van der Waals surface area contributed by atoms with Crippen LogP contribution in [0.25, 0.3) is 0 Å². The lowest BCUT2D eigenvalue weighted by molar-refractivity contribution is 0.414. The predicted octanol–water partition coefficient (Wildman–Crippen LogP) is 4.10. The van der Waals surface area contributed by atoms with Crippen LogP contribution in [0.1, 0.15) is 11.1 Å².